The van der Waals surface area contributed by atoms with Gasteiger partial charge in [0, 0.05) is 46.4 Å². The second-order valence-electron chi connectivity index (χ2n) is 20.2. The molecule has 462 valence electrons. The molecule has 4 heterocycles. The normalized spacial score (nSPS) is 19.5. The lowest BCUT2D eigenvalue weighted by Gasteiger charge is -2.37. The molecule has 8 unspecified atom stereocenters. The van der Waals surface area contributed by atoms with Crippen LogP contribution in [0, 0.1) is 18.3 Å². The number of anilines is 1. The summed E-state index contributed by atoms with van der Waals surface area (Å²) in [5.41, 5.74) is -1.33. The average molecular weight is 1290 g/mol. The van der Waals surface area contributed by atoms with Crippen molar-refractivity contribution in [3.8, 4) is 29.1 Å². The first-order chi connectivity index (χ1) is 42.9. The smallest absolute Gasteiger partial charge is 0.497 e. The molecule has 2 saturated heterocycles. The number of methoxy groups -OCH3 is 2. The van der Waals surface area contributed by atoms with Crippen molar-refractivity contribution < 1.29 is 64.8 Å². The Labute approximate surface area is 519 Å². The van der Waals surface area contributed by atoms with Crippen molar-refractivity contribution in [2.24, 2.45) is 0 Å². The van der Waals surface area contributed by atoms with Crippen molar-refractivity contribution in [2.45, 2.75) is 68.7 Å². The predicted molar refractivity (Wildman–Crippen MR) is 326 cm³/mol. The third-order valence-electron chi connectivity index (χ3n) is 14.3. The molecule has 2 aliphatic rings. The van der Waals surface area contributed by atoms with E-state index < -0.39 is 94.2 Å². The van der Waals surface area contributed by atoms with E-state index in [1.54, 1.807) is 68.8 Å². The molecule has 10 rings (SSSR count). The van der Waals surface area contributed by atoms with E-state index >= 15 is 4.57 Å². The first kappa shape index (κ1) is 63.8. The van der Waals surface area contributed by atoms with Crippen molar-refractivity contribution in [3.63, 3.8) is 0 Å². The second-order valence-corrected chi connectivity index (χ2v) is 24.1. The minimum Gasteiger partial charge on any atom is -0.497 e. The van der Waals surface area contributed by atoms with Crippen LogP contribution in [0.4, 0.5) is 5.82 Å². The highest BCUT2D eigenvalue weighted by atomic mass is 35.5. The standard InChI is InChI=1S/C62H58Cl2N6O17P2/c1-40-37-70(61(74)68-58(40)71)57-36-52(86-88(75,80-34-10-32-65)84-49-27-19-45(63)20-28-49)54(83-57)39-81-89(76,85-50-29-21-46(64)22-30-50)87-51-35-56(69-33-31-55(67-60(69)73)66-59(72)41-11-6-4-7-12-41)82-53(51)38-79-62(42-13-8-5-9-14-42,43-15-23-47(77-2)24-16-43)44-17-25-48(78-3)26-18-44/h4-9,11-31,33,37,51-54,56-57H,10,34-36,38-39H2,1-3H3,(H,68,71,74)(H,66,67,72,73). The molecule has 6 aromatic carbocycles. The maximum atomic E-state index is 15.9. The summed E-state index contributed by atoms with van der Waals surface area (Å²) in [5.74, 6) is 0.551. The Morgan fingerprint density at radius 3 is 1.70 bits per heavy atom. The molecule has 0 bridgehead atoms. The maximum Gasteiger partial charge on any atom is 0.530 e. The van der Waals surface area contributed by atoms with Crippen LogP contribution in [0.15, 0.2) is 191 Å². The van der Waals surface area contributed by atoms with Gasteiger partial charge >= 0.3 is 27.0 Å². The van der Waals surface area contributed by atoms with E-state index in [9.17, 15) is 29.0 Å². The third kappa shape index (κ3) is 15.5. The lowest BCUT2D eigenvalue weighted by atomic mass is 9.80. The van der Waals surface area contributed by atoms with Crippen LogP contribution in [0.3, 0.4) is 0 Å². The van der Waals surface area contributed by atoms with Crippen LogP contribution in [0.5, 0.6) is 23.0 Å². The maximum absolute atomic E-state index is 15.9. The number of H-pyrrole nitrogens is 1. The first-order valence-corrected chi connectivity index (χ1v) is 31.3. The number of ether oxygens (including phenoxy) is 5. The second kappa shape index (κ2) is 28.5. The Balaban J connectivity index is 1.03. The van der Waals surface area contributed by atoms with Crippen LogP contribution in [0.2, 0.25) is 10.0 Å². The number of amides is 1. The molecule has 0 aliphatic carbocycles. The highest BCUT2D eigenvalue weighted by Crippen LogP contribution is 2.56. The first-order valence-electron chi connectivity index (χ1n) is 27.7. The lowest BCUT2D eigenvalue weighted by molar-refractivity contribution is -0.0949. The molecule has 2 fully saturated rings. The van der Waals surface area contributed by atoms with Crippen molar-refractivity contribution in [1.82, 2.24) is 19.1 Å². The number of aryl methyl sites for hydroxylation is 1. The molecular weight excluding hydrogens is 1230 g/mol. The predicted octanol–water partition coefficient (Wildman–Crippen LogP) is 11.4. The number of nitriles is 1. The number of benzene rings is 6. The van der Waals surface area contributed by atoms with E-state index in [-0.39, 0.29) is 48.7 Å². The molecule has 0 spiro atoms. The molecule has 2 aliphatic heterocycles. The van der Waals surface area contributed by atoms with E-state index in [4.69, 9.17) is 74.0 Å². The zero-order chi connectivity index (χ0) is 62.7. The summed E-state index contributed by atoms with van der Waals surface area (Å²) >= 11 is 12.4. The summed E-state index contributed by atoms with van der Waals surface area (Å²) in [4.78, 5) is 59.6. The van der Waals surface area contributed by atoms with E-state index in [1.807, 2.05) is 60.7 Å². The quantitative estimate of drug-likeness (QED) is 0.0289. The van der Waals surface area contributed by atoms with Crippen LogP contribution in [-0.2, 0) is 47.0 Å². The number of phosphoric ester groups is 2. The Hall–Kier alpha value is -8.20. The largest absolute Gasteiger partial charge is 0.530 e. The van der Waals surface area contributed by atoms with Crippen LogP contribution >= 0.6 is 38.8 Å². The van der Waals surface area contributed by atoms with Gasteiger partial charge in [0.1, 0.15) is 71.3 Å². The van der Waals surface area contributed by atoms with Gasteiger partial charge in [-0.1, -0.05) is 96.0 Å². The minimum absolute atomic E-state index is 0.00754. The number of halogens is 2. The van der Waals surface area contributed by atoms with Gasteiger partial charge in [-0.25, -0.2) is 18.7 Å². The minimum atomic E-state index is -5.10. The molecule has 0 radical (unpaired) electrons. The van der Waals surface area contributed by atoms with Crippen molar-refractivity contribution in [3.05, 3.63) is 245 Å². The highest BCUT2D eigenvalue weighted by molar-refractivity contribution is 7.49. The number of hydrogen-bond acceptors (Lipinski definition) is 19. The summed E-state index contributed by atoms with van der Waals surface area (Å²) in [6.07, 6.45) is -5.98. The van der Waals surface area contributed by atoms with Gasteiger partial charge < -0.3 is 38.0 Å². The Bertz CT molecular complexity index is 4020. The molecule has 27 heteroatoms. The van der Waals surface area contributed by atoms with E-state index in [1.165, 1.54) is 78.5 Å². The topological polar surface area (TPSA) is 278 Å². The number of nitrogens with zero attached hydrogens (tertiary/aromatic N) is 4. The van der Waals surface area contributed by atoms with Gasteiger partial charge in [0.2, 0.25) is 0 Å². The molecule has 8 atom stereocenters. The van der Waals surface area contributed by atoms with Gasteiger partial charge in [-0.15, -0.1) is 0 Å². The summed E-state index contributed by atoms with van der Waals surface area (Å²) in [5, 5.41) is 12.7. The number of nitrogens with one attached hydrogen (secondary N) is 2. The number of phosphoric acid groups is 2. The van der Waals surface area contributed by atoms with Crippen LogP contribution in [0.25, 0.3) is 0 Å². The molecule has 0 saturated carbocycles. The lowest BCUT2D eigenvalue weighted by Crippen LogP contribution is -2.38. The summed E-state index contributed by atoms with van der Waals surface area (Å²) in [7, 11) is -6.75. The number of aromatic nitrogens is 4. The molecule has 23 nitrogen and oxygen atoms in total. The molecule has 2 N–H and O–H groups in total. The number of carbonyl (C=O) groups excluding carboxylic acids is 1. The van der Waals surface area contributed by atoms with Crippen LogP contribution in [0.1, 0.15) is 64.3 Å². The van der Waals surface area contributed by atoms with Crippen molar-refractivity contribution in [1.29, 1.82) is 5.26 Å². The Morgan fingerprint density at radius 2 is 1.17 bits per heavy atom. The molecule has 1 amide bonds. The molecule has 89 heavy (non-hydrogen) atoms. The number of rotatable bonds is 26. The highest BCUT2D eigenvalue weighted by Gasteiger charge is 2.49. The van der Waals surface area contributed by atoms with Crippen molar-refractivity contribution >= 4 is 50.6 Å². The van der Waals surface area contributed by atoms with Crippen molar-refractivity contribution in [2.75, 3.05) is 39.4 Å². The molecular formula is C62H58Cl2N6O17P2. The SMILES string of the molecule is COc1ccc(C(OCC2OC(n3ccc(NC(=O)c4ccccc4)nc3=O)CC2OP(=O)(OCC2OC(n3cc(C)c(=O)[nH]c3=O)CC2OP(=O)(OCCC#N)Oc2ccc(Cl)cc2)Oc2ccc(Cl)cc2)(c2ccccc2)c2ccc(OC)cc2)cc1. The van der Waals surface area contributed by atoms with Crippen LogP contribution < -0.4 is 40.8 Å². The zero-order valence-corrected chi connectivity index (χ0v) is 51.1. The number of aromatic amines is 1. The summed E-state index contributed by atoms with van der Waals surface area (Å²) in [6.45, 7) is -0.0454. The van der Waals surface area contributed by atoms with E-state index in [0.29, 0.717) is 43.8 Å². The van der Waals surface area contributed by atoms with Gasteiger partial charge in [-0.05, 0) is 115 Å². The van der Waals surface area contributed by atoms with E-state index in [2.05, 4.69) is 15.3 Å². The molecule has 8 aromatic rings. The van der Waals surface area contributed by atoms with Crippen LogP contribution in [-0.4, -0.2) is 83.5 Å². The fourth-order valence-corrected chi connectivity index (χ4v) is 13.0. The van der Waals surface area contributed by atoms with Gasteiger partial charge in [-0.3, -0.25) is 41.8 Å². The third-order valence-corrected chi connectivity index (χ3v) is 17.7. The summed E-state index contributed by atoms with van der Waals surface area (Å²) < 4.78 is 101. The average Bonchev–Trinajstić information content (AvgIpc) is 1.41. The van der Waals surface area contributed by atoms with Gasteiger partial charge in [0.15, 0.2) is 0 Å². The van der Waals surface area contributed by atoms with Gasteiger partial charge in [-0.2, -0.15) is 10.2 Å². The fourth-order valence-electron chi connectivity index (χ4n) is 9.93. The zero-order valence-electron chi connectivity index (χ0n) is 47.8. The summed E-state index contributed by atoms with van der Waals surface area (Å²) in [6, 6.07) is 47.2. The monoisotopic (exact) mass is 1290 g/mol. The van der Waals surface area contributed by atoms with Gasteiger partial charge in [0.05, 0.1) is 46.5 Å². The Kier molecular flexibility index (Phi) is 20.5. The fraction of sp³-hybridized carbons (Fsp3) is 0.258. The number of hydrogen-bond donors (Lipinski definition) is 2. The van der Waals surface area contributed by atoms with E-state index in [0.717, 1.165) is 4.57 Å². The molecule has 2 aromatic heterocycles. The number of carbonyl (C=O) groups is 1. The Morgan fingerprint density at radius 1 is 0.674 bits per heavy atom. The van der Waals surface area contributed by atoms with Gasteiger partial charge in [0.25, 0.3) is 11.5 Å².